The molecule has 4 atom stereocenters. The first kappa shape index (κ1) is 19.8. The van der Waals surface area contributed by atoms with Crippen LogP contribution in [0.5, 0.6) is 0 Å². The van der Waals surface area contributed by atoms with Gasteiger partial charge < -0.3 is 19.3 Å². The molecule has 144 valence electrons. The number of rotatable bonds is 8. The third kappa shape index (κ3) is 4.85. The van der Waals surface area contributed by atoms with Crippen molar-refractivity contribution >= 4 is 0 Å². The number of hydrogen-bond donors (Lipinski definition) is 1. The van der Waals surface area contributed by atoms with E-state index >= 15 is 0 Å². The Labute approximate surface area is 161 Å². The maximum Gasteiger partial charge on any atom is 0.123 e. The smallest absolute Gasteiger partial charge is 0.123 e. The lowest BCUT2D eigenvalue weighted by atomic mass is 9.82. The van der Waals surface area contributed by atoms with Gasteiger partial charge in [0.2, 0.25) is 0 Å². The molecule has 2 aromatic rings. The highest BCUT2D eigenvalue weighted by atomic mass is 16.6. The van der Waals surface area contributed by atoms with Gasteiger partial charge in [-0.1, -0.05) is 66.7 Å². The summed E-state index contributed by atoms with van der Waals surface area (Å²) in [4.78, 5) is 0. The molecule has 2 unspecified atom stereocenters. The molecular formula is C23H28O4. The lowest BCUT2D eigenvalue weighted by molar-refractivity contribution is -0.264. The summed E-state index contributed by atoms with van der Waals surface area (Å²) in [6.45, 7) is 6.90. The SMILES string of the molecule is C=CC[C@@]1(O)C(C)OC[C@H](OCc2ccccc2)C1OCc1ccccc1. The van der Waals surface area contributed by atoms with Gasteiger partial charge in [-0.25, -0.2) is 0 Å². The van der Waals surface area contributed by atoms with E-state index in [0.29, 0.717) is 26.2 Å². The van der Waals surface area contributed by atoms with Crippen molar-refractivity contribution in [3.05, 3.63) is 84.4 Å². The summed E-state index contributed by atoms with van der Waals surface area (Å²) < 4.78 is 18.1. The van der Waals surface area contributed by atoms with Crippen LogP contribution >= 0.6 is 0 Å². The van der Waals surface area contributed by atoms with Crippen molar-refractivity contribution < 1.29 is 19.3 Å². The quantitative estimate of drug-likeness (QED) is 0.719. The molecule has 1 aliphatic heterocycles. The predicted octanol–water partition coefficient (Wildman–Crippen LogP) is 3.88. The maximum atomic E-state index is 11.3. The molecule has 0 radical (unpaired) electrons. The standard InChI is InChI=1S/C23H28O4/c1-3-14-23(24)18(2)25-17-21(26-15-19-10-6-4-7-11-19)22(23)27-16-20-12-8-5-9-13-20/h3-13,18,21-22,24H,1,14-17H2,2H3/t18?,21-,22?,23+/m0/s1. The Morgan fingerprint density at radius 3 is 2.15 bits per heavy atom. The zero-order valence-electron chi connectivity index (χ0n) is 15.8. The summed E-state index contributed by atoms with van der Waals surface area (Å²) in [6, 6.07) is 19.9. The Hall–Kier alpha value is -1.98. The van der Waals surface area contributed by atoms with Crippen LogP contribution in [0.1, 0.15) is 24.5 Å². The number of ether oxygens (including phenoxy) is 3. The third-order valence-electron chi connectivity index (χ3n) is 5.10. The normalized spacial score (nSPS) is 28.0. The Morgan fingerprint density at radius 1 is 1.04 bits per heavy atom. The average Bonchev–Trinajstić information content (AvgIpc) is 2.70. The molecule has 1 N–H and O–H groups in total. The van der Waals surface area contributed by atoms with E-state index in [4.69, 9.17) is 14.2 Å². The van der Waals surface area contributed by atoms with Crippen molar-refractivity contribution in [2.45, 2.75) is 50.5 Å². The van der Waals surface area contributed by atoms with Gasteiger partial charge >= 0.3 is 0 Å². The van der Waals surface area contributed by atoms with Crippen LogP contribution in [-0.2, 0) is 27.4 Å². The minimum atomic E-state index is -1.18. The summed E-state index contributed by atoms with van der Waals surface area (Å²) in [6.07, 6.45) is 0.836. The zero-order chi connectivity index (χ0) is 19.1. The Bertz CT molecular complexity index is 703. The van der Waals surface area contributed by atoms with E-state index in [0.717, 1.165) is 11.1 Å². The fourth-order valence-electron chi connectivity index (χ4n) is 3.46. The monoisotopic (exact) mass is 368 g/mol. The molecule has 1 saturated heterocycles. The first-order valence-electron chi connectivity index (χ1n) is 9.39. The van der Waals surface area contributed by atoms with Gasteiger partial charge in [-0.3, -0.25) is 0 Å². The zero-order valence-corrected chi connectivity index (χ0v) is 15.8. The molecule has 1 heterocycles. The van der Waals surface area contributed by atoms with E-state index in [2.05, 4.69) is 6.58 Å². The van der Waals surface area contributed by atoms with Crippen molar-refractivity contribution in [1.82, 2.24) is 0 Å². The van der Waals surface area contributed by atoms with Gasteiger partial charge in [0.1, 0.15) is 17.8 Å². The van der Waals surface area contributed by atoms with Crippen LogP contribution in [0.25, 0.3) is 0 Å². The lowest BCUT2D eigenvalue weighted by Crippen LogP contribution is -2.63. The minimum Gasteiger partial charge on any atom is -0.384 e. The average molecular weight is 368 g/mol. The summed E-state index contributed by atoms with van der Waals surface area (Å²) in [5.74, 6) is 0. The highest BCUT2D eigenvalue weighted by molar-refractivity contribution is 5.15. The van der Waals surface area contributed by atoms with Gasteiger partial charge in [0.15, 0.2) is 0 Å². The van der Waals surface area contributed by atoms with E-state index < -0.39 is 11.7 Å². The highest BCUT2D eigenvalue weighted by Crippen LogP contribution is 2.34. The van der Waals surface area contributed by atoms with Crippen molar-refractivity contribution in [1.29, 1.82) is 0 Å². The van der Waals surface area contributed by atoms with Gasteiger partial charge in [-0.15, -0.1) is 6.58 Å². The Morgan fingerprint density at radius 2 is 1.59 bits per heavy atom. The van der Waals surface area contributed by atoms with Gasteiger partial charge in [-0.2, -0.15) is 0 Å². The molecule has 0 aliphatic carbocycles. The summed E-state index contributed by atoms with van der Waals surface area (Å²) in [5, 5.41) is 11.3. The predicted molar refractivity (Wildman–Crippen MR) is 105 cm³/mol. The first-order valence-corrected chi connectivity index (χ1v) is 9.39. The second kappa shape index (κ2) is 9.29. The first-order chi connectivity index (χ1) is 13.1. The molecule has 0 spiro atoms. The van der Waals surface area contributed by atoms with Crippen LogP contribution < -0.4 is 0 Å². The molecular weight excluding hydrogens is 340 g/mol. The summed E-state index contributed by atoms with van der Waals surface area (Å²) in [7, 11) is 0. The molecule has 2 aromatic carbocycles. The molecule has 0 amide bonds. The van der Waals surface area contributed by atoms with E-state index in [1.165, 1.54) is 0 Å². The van der Waals surface area contributed by atoms with E-state index in [1.807, 2.05) is 67.6 Å². The van der Waals surface area contributed by atoms with Crippen molar-refractivity contribution in [2.75, 3.05) is 6.61 Å². The van der Waals surface area contributed by atoms with Crippen LogP contribution in [0.2, 0.25) is 0 Å². The lowest BCUT2D eigenvalue weighted by Gasteiger charge is -2.47. The maximum absolute atomic E-state index is 11.3. The molecule has 4 nitrogen and oxygen atoms in total. The third-order valence-corrected chi connectivity index (χ3v) is 5.10. The summed E-state index contributed by atoms with van der Waals surface area (Å²) >= 11 is 0. The molecule has 1 fully saturated rings. The Balaban J connectivity index is 1.75. The molecule has 1 aliphatic rings. The van der Waals surface area contributed by atoms with Crippen molar-refractivity contribution in [3.8, 4) is 0 Å². The van der Waals surface area contributed by atoms with Crippen LogP contribution in [0, 0.1) is 0 Å². The van der Waals surface area contributed by atoms with Crippen molar-refractivity contribution in [3.63, 3.8) is 0 Å². The fourth-order valence-corrected chi connectivity index (χ4v) is 3.46. The topological polar surface area (TPSA) is 47.9 Å². The van der Waals surface area contributed by atoms with Crippen molar-refractivity contribution in [2.24, 2.45) is 0 Å². The Kier molecular flexibility index (Phi) is 6.80. The number of aliphatic hydroxyl groups is 1. The largest absolute Gasteiger partial charge is 0.384 e. The van der Waals surface area contributed by atoms with Crippen LogP contribution in [0.15, 0.2) is 73.3 Å². The van der Waals surface area contributed by atoms with E-state index in [-0.39, 0.29) is 12.2 Å². The molecule has 27 heavy (non-hydrogen) atoms. The van der Waals surface area contributed by atoms with Gasteiger partial charge in [0, 0.05) is 0 Å². The van der Waals surface area contributed by atoms with Gasteiger partial charge in [0.05, 0.1) is 25.9 Å². The number of hydrogen-bond acceptors (Lipinski definition) is 4. The van der Waals surface area contributed by atoms with Gasteiger partial charge in [-0.05, 0) is 24.5 Å². The summed E-state index contributed by atoms with van der Waals surface area (Å²) in [5.41, 5.74) is 0.945. The molecule has 3 rings (SSSR count). The molecule has 0 aromatic heterocycles. The van der Waals surface area contributed by atoms with Crippen LogP contribution in [0.3, 0.4) is 0 Å². The fraction of sp³-hybridized carbons (Fsp3) is 0.391. The minimum absolute atomic E-state index is 0.366. The van der Waals surface area contributed by atoms with Gasteiger partial charge in [0.25, 0.3) is 0 Å². The molecule has 4 heteroatoms. The second-order valence-corrected chi connectivity index (χ2v) is 7.01. The number of benzene rings is 2. The van der Waals surface area contributed by atoms with E-state index in [1.54, 1.807) is 6.08 Å². The van der Waals surface area contributed by atoms with E-state index in [9.17, 15) is 5.11 Å². The molecule has 0 bridgehead atoms. The van der Waals surface area contributed by atoms with Crippen LogP contribution in [-0.4, -0.2) is 35.6 Å². The second-order valence-electron chi connectivity index (χ2n) is 7.01. The molecule has 0 saturated carbocycles. The highest BCUT2D eigenvalue weighted by Gasteiger charge is 2.50. The van der Waals surface area contributed by atoms with Crippen LogP contribution in [0.4, 0.5) is 0 Å².